The third kappa shape index (κ3) is 1.57. The van der Waals surface area contributed by atoms with Gasteiger partial charge in [0.2, 0.25) is 0 Å². The van der Waals surface area contributed by atoms with Crippen molar-refractivity contribution in [3.05, 3.63) is 11.9 Å². The summed E-state index contributed by atoms with van der Waals surface area (Å²) in [6, 6.07) is -0.422. The van der Waals surface area contributed by atoms with E-state index in [9.17, 15) is 9.18 Å². The van der Waals surface area contributed by atoms with Gasteiger partial charge in [0.15, 0.2) is 0 Å². The molecule has 1 aliphatic rings. The summed E-state index contributed by atoms with van der Waals surface area (Å²) in [6.07, 6.45) is 1.09. The number of halogens is 1. The van der Waals surface area contributed by atoms with Crippen LogP contribution in [0.4, 0.5) is 4.39 Å². The van der Waals surface area contributed by atoms with E-state index in [0.29, 0.717) is 18.3 Å². The first-order valence-electron chi connectivity index (χ1n) is 3.41. The second-order valence-electron chi connectivity index (χ2n) is 2.78. The molecule has 0 bridgehead atoms. The van der Waals surface area contributed by atoms with Crippen LogP contribution in [0.3, 0.4) is 0 Å². The van der Waals surface area contributed by atoms with Crippen molar-refractivity contribution in [1.29, 1.82) is 0 Å². The zero-order valence-corrected chi connectivity index (χ0v) is 5.96. The zero-order valence-electron chi connectivity index (χ0n) is 5.96. The lowest BCUT2D eigenvalue weighted by atomic mass is 10.1. The Balaban J connectivity index is 2.66. The molecular formula is C7H10FNO2. The van der Waals surface area contributed by atoms with E-state index in [1.165, 1.54) is 0 Å². The molecule has 0 amide bonds. The fourth-order valence-corrected chi connectivity index (χ4v) is 1.32. The summed E-state index contributed by atoms with van der Waals surface area (Å²) in [7, 11) is 0. The normalized spacial score (nSPS) is 34.5. The third-order valence-electron chi connectivity index (χ3n) is 1.97. The molecule has 0 unspecified atom stereocenters. The summed E-state index contributed by atoms with van der Waals surface area (Å²) >= 11 is 0. The molecule has 0 aliphatic heterocycles. The van der Waals surface area contributed by atoms with Crippen LogP contribution in [-0.2, 0) is 4.79 Å². The van der Waals surface area contributed by atoms with Crippen LogP contribution in [0, 0.1) is 5.92 Å². The van der Waals surface area contributed by atoms with Crippen LogP contribution in [0.1, 0.15) is 12.8 Å². The summed E-state index contributed by atoms with van der Waals surface area (Å²) < 4.78 is 11.9. The third-order valence-corrected chi connectivity index (χ3v) is 1.97. The van der Waals surface area contributed by atoms with Gasteiger partial charge < -0.3 is 10.8 Å². The van der Waals surface area contributed by atoms with E-state index >= 15 is 0 Å². The van der Waals surface area contributed by atoms with Crippen LogP contribution in [0.25, 0.3) is 0 Å². The molecule has 1 saturated carbocycles. The second kappa shape index (κ2) is 3.00. The zero-order chi connectivity index (χ0) is 8.43. The molecule has 0 aromatic heterocycles. The van der Waals surface area contributed by atoms with Crippen molar-refractivity contribution in [3.8, 4) is 0 Å². The molecule has 0 heterocycles. The second-order valence-corrected chi connectivity index (χ2v) is 2.78. The highest BCUT2D eigenvalue weighted by atomic mass is 19.1. The highest BCUT2D eigenvalue weighted by Crippen LogP contribution is 2.29. The van der Waals surface area contributed by atoms with Crippen molar-refractivity contribution >= 4 is 5.97 Å². The van der Waals surface area contributed by atoms with Gasteiger partial charge in [-0.2, -0.15) is 0 Å². The summed E-state index contributed by atoms with van der Waals surface area (Å²) in [5.74, 6) is -1.54. The Labute approximate surface area is 63.7 Å². The van der Waals surface area contributed by atoms with E-state index < -0.39 is 17.9 Å². The molecule has 62 valence electrons. The van der Waals surface area contributed by atoms with Crippen LogP contribution >= 0.6 is 0 Å². The molecule has 0 radical (unpaired) electrons. The number of rotatable bonds is 1. The monoisotopic (exact) mass is 159 g/mol. The van der Waals surface area contributed by atoms with Crippen molar-refractivity contribution in [2.75, 3.05) is 0 Å². The topological polar surface area (TPSA) is 63.3 Å². The van der Waals surface area contributed by atoms with Gasteiger partial charge in [-0.1, -0.05) is 0 Å². The highest BCUT2D eigenvalue weighted by molar-refractivity contribution is 5.72. The maximum absolute atomic E-state index is 11.9. The number of hydrogen-bond acceptors (Lipinski definition) is 2. The fourth-order valence-electron chi connectivity index (χ4n) is 1.32. The van der Waals surface area contributed by atoms with Gasteiger partial charge in [0.25, 0.3) is 0 Å². The van der Waals surface area contributed by atoms with Crippen molar-refractivity contribution in [2.24, 2.45) is 11.7 Å². The molecule has 0 aromatic carbocycles. The minimum absolute atomic E-state index is 0.257. The molecular weight excluding hydrogens is 149 g/mol. The van der Waals surface area contributed by atoms with Gasteiger partial charge in [-0.25, -0.2) is 4.39 Å². The standard InChI is InChI=1S/C7H10FNO2/c8-3-4-1-5(7(10)11)6(9)2-4/h3,5-6H,1-2,9H2,(H,10,11)/b4-3-/t5-,6-/m0/s1. The van der Waals surface area contributed by atoms with Crippen LogP contribution in [0.5, 0.6) is 0 Å². The number of nitrogens with two attached hydrogens (primary N) is 1. The van der Waals surface area contributed by atoms with Gasteiger partial charge in [-0.3, -0.25) is 4.79 Å². The van der Waals surface area contributed by atoms with E-state index in [4.69, 9.17) is 10.8 Å². The number of carboxylic acid groups (broad SMARTS) is 1. The number of aliphatic carboxylic acids is 1. The Kier molecular flexibility index (Phi) is 2.24. The molecule has 0 saturated heterocycles. The van der Waals surface area contributed by atoms with E-state index in [1.807, 2.05) is 0 Å². The first-order valence-corrected chi connectivity index (χ1v) is 3.41. The van der Waals surface area contributed by atoms with Gasteiger partial charge in [0.1, 0.15) is 0 Å². The summed E-state index contributed by atoms with van der Waals surface area (Å²) in [6.45, 7) is 0. The van der Waals surface area contributed by atoms with E-state index in [1.54, 1.807) is 0 Å². The number of carbonyl (C=O) groups is 1. The van der Waals surface area contributed by atoms with Crippen molar-refractivity contribution < 1.29 is 14.3 Å². The van der Waals surface area contributed by atoms with Gasteiger partial charge in [-0.15, -0.1) is 0 Å². The molecule has 1 fully saturated rings. The van der Waals surface area contributed by atoms with Crippen molar-refractivity contribution in [1.82, 2.24) is 0 Å². The maximum Gasteiger partial charge on any atom is 0.308 e. The van der Waals surface area contributed by atoms with Crippen molar-refractivity contribution in [3.63, 3.8) is 0 Å². The van der Waals surface area contributed by atoms with E-state index in [2.05, 4.69) is 0 Å². The smallest absolute Gasteiger partial charge is 0.308 e. The Morgan fingerprint density at radius 1 is 1.73 bits per heavy atom. The average Bonchev–Trinajstić information content (AvgIpc) is 2.30. The van der Waals surface area contributed by atoms with Gasteiger partial charge >= 0.3 is 5.97 Å². The van der Waals surface area contributed by atoms with Crippen molar-refractivity contribution in [2.45, 2.75) is 18.9 Å². The molecule has 1 aliphatic carbocycles. The first-order chi connectivity index (χ1) is 5.15. The SMILES string of the molecule is N[C@H]1C/C(=C\F)C[C@@H]1C(=O)O. The van der Waals surface area contributed by atoms with Gasteiger partial charge in [-0.05, 0) is 18.4 Å². The lowest BCUT2D eigenvalue weighted by molar-refractivity contribution is -0.141. The summed E-state index contributed by atoms with van der Waals surface area (Å²) in [4.78, 5) is 10.4. The predicted molar refractivity (Wildman–Crippen MR) is 37.5 cm³/mol. The van der Waals surface area contributed by atoms with Crippen LogP contribution in [-0.4, -0.2) is 17.1 Å². The fraction of sp³-hybridized carbons (Fsp3) is 0.571. The Morgan fingerprint density at radius 2 is 2.36 bits per heavy atom. The molecule has 0 aromatic rings. The lowest BCUT2D eigenvalue weighted by Gasteiger charge is -2.07. The number of carboxylic acids is 1. The first kappa shape index (κ1) is 8.20. The lowest BCUT2D eigenvalue weighted by Crippen LogP contribution is -2.30. The van der Waals surface area contributed by atoms with E-state index in [0.717, 1.165) is 0 Å². The Morgan fingerprint density at radius 3 is 2.64 bits per heavy atom. The van der Waals surface area contributed by atoms with Gasteiger partial charge in [0, 0.05) is 6.04 Å². The molecule has 3 N–H and O–H groups in total. The predicted octanol–water partition coefficient (Wildman–Crippen LogP) is 0.662. The van der Waals surface area contributed by atoms with Gasteiger partial charge in [0.05, 0.1) is 12.2 Å². The Bertz CT molecular complexity index is 203. The Hall–Kier alpha value is -0.900. The number of hydrogen-bond donors (Lipinski definition) is 2. The highest BCUT2D eigenvalue weighted by Gasteiger charge is 2.33. The average molecular weight is 159 g/mol. The minimum atomic E-state index is -0.936. The largest absolute Gasteiger partial charge is 0.481 e. The molecule has 4 heteroatoms. The minimum Gasteiger partial charge on any atom is -0.481 e. The molecule has 3 nitrogen and oxygen atoms in total. The molecule has 2 atom stereocenters. The maximum atomic E-state index is 11.9. The van der Waals surface area contributed by atoms with E-state index in [-0.39, 0.29) is 6.42 Å². The molecule has 0 spiro atoms. The molecule has 11 heavy (non-hydrogen) atoms. The van der Waals surface area contributed by atoms with Crippen LogP contribution in [0.15, 0.2) is 11.9 Å². The molecule has 1 rings (SSSR count). The summed E-state index contributed by atoms with van der Waals surface area (Å²) in [5, 5.41) is 8.57. The van der Waals surface area contributed by atoms with Crippen LogP contribution < -0.4 is 5.73 Å². The summed E-state index contributed by atoms with van der Waals surface area (Å²) in [5.41, 5.74) is 5.96. The van der Waals surface area contributed by atoms with Crippen LogP contribution in [0.2, 0.25) is 0 Å². The quantitative estimate of drug-likeness (QED) is 0.590.